The summed E-state index contributed by atoms with van der Waals surface area (Å²) in [6.45, 7) is 3.10. The zero-order valence-corrected chi connectivity index (χ0v) is 12.9. The van der Waals surface area contributed by atoms with Gasteiger partial charge in [-0.3, -0.25) is 9.59 Å². The first kappa shape index (κ1) is 14.4. The molecule has 2 aliphatic rings. The topological polar surface area (TPSA) is 84.4 Å². The van der Waals surface area contributed by atoms with E-state index in [-0.39, 0.29) is 24.0 Å². The highest BCUT2D eigenvalue weighted by molar-refractivity contribution is 7.05. The van der Waals surface area contributed by atoms with Crippen LogP contribution in [-0.2, 0) is 9.53 Å². The lowest BCUT2D eigenvalue weighted by molar-refractivity contribution is -0.123. The number of aryl methyl sites for hydroxylation is 1. The molecule has 1 N–H and O–H groups in total. The first-order chi connectivity index (χ1) is 10.1. The van der Waals surface area contributed by atoms with E-state index in [0.717, 1.165) is 11.3 Å². The number of nitrogens with zero attached hydrogens (tertiary/aromatic N) is 3. The number of carbonyl (C=O) groups excluding carboxylic acids is 2. The van der Waals surface area contributed by atoms with E-state index in [0.29, 0.717) is 31.1 Å². The van der Waals surface area contributed by atoms with Crippen LogP contribution in [0.1, 0.15) is 28.2 Å². The Bertz CT molecular complexity index is 547. The third kappa shape index (κ3) is 2.77. The third-order valence-corrected chi connectivity index (χ3v) is 4.78. The lowest BCUT2D eigenvalue weighted by Crippen LogP contribution is -2.32. The number of rotatable bonds is 3. The average Bonchev–Trinajstić information content (AvgIpc) is 3.12. The SMILES string of the molecule is CNC(=O)C[C@@H]1C[C@H]2CN(C(=O)c3nnsc3C)C[C@H]2O1. The van der Waals surface area contributed by atoms with Gasteiger partial charge in [0.1, 0.15) is 0 Å². The van der Waals surface area contributed by atoms with Gasteiger partial charge in [-0.05, 0) is 24.9 Å². The molecule has 3 heterocycles. The van der Waals surface area contributed by atoms with Gasteiger partial charge in [0.25, 0.3) is 5.91 Å². The van der Waals surface area contributed by atoms with E-state index in [1.54, 1.807) is 11.9 Å². The molecule has 3 atom stereocenters. The molecule has 2 amide bonds. The summed E-state index contributed by atoms with van der Waals surface area (Å²) >= 11 is 1.24. The van der Waals surface area contributed by atoms with Gasteiger partial charge in [-0.15, -0.1) is 5.10 Å². The quantitative estimate of drug-likeness (QED) is 0.863. The summed E-state index contributed by atoms with van der Waals surface area (Å²) in [6, 6.07) is 0. The predicted octanol–water partition coefficient (Wildman–Crippen LogP) is 0.212. The second-order valence-corrected chi connectivity index (χ2v) is 6.52. The van der Waals surface area contributed by atoms with Gasteiger partial charge in [-0.25, -0.2) is 0 Å². The van der Waals surface area contributed by atoms with Crippen LogP contribution in [0.25, 0.3) is 0 Å². The second kappa shape index (κ2) is 5.69. The van der Waals surface area contributed by atoms with Crippen molar-refractivity contribution in [1.29, 1.82) is 0 Å². The smallest absolute Gasteiger partial charge is 0.275 e. The van der Waals surface area contributed by atoms with Crippen LogP contribution in [0, 0.1) is 12.8 Å². The predicted molar refractivity (Wildman–Crippen MR) is 76.0 cm³/mol. The Hall–Kier alpha value is -1.54. The molecule has 0 radical (unpaired) electrons. The fraction of sp³-hybridized carbons (Fsp3) is 0.692. The van der Waals surface area contributed by atoms with Crippen molar-refractivity contribution in [2.75, 3.05) is 20.1 Å². The van der Waals surface area contributed by atoms with E-state index >= 15 is 0 Å². The largest absolute Gasteiger partial charge is 0.372 e. The van der Waals surface area contributed by atoms with E-state index in [1.165, 1.54) is 11.5 Å². The highest BCUT2D eigenvalue weighted by Gasteiger charge is 2.44. The molecule has 0 bridgehead atoms. The second-order valence-electron chi connectivity index (χ2n) is 5.56. The molecule has 0 spiro atoms. The van der Waals surface area contributed by atoms with Gasteiger partial charge >= 0.3 is 0 Å². The molecule has 0 saturated carbocycles. The van der Waals surface area contributed by atoms with Gasteiger partial charge in [0.2, 0.25) is 5.91 Å². The van der Waals surface area contributed by atoms with E-state index in [9.17, 15) is 9.59 Å². The number of carbonyl (C=O) groups is 2. The van der Waals surface area contributed by atoms with Crippen molar-refractivity contribution in [2.24, 2.45) is 5.92 Å². The molecule has 1 aromatic rings. The minimum atomic E-state index is -0.0675. The molecular formula is C13H18N4O3S. The molecule has 2 fully saturated rings. The summed E-state index contributed by atoms with van der Waals surface area (Å²) in [5.74, 6) is 0.245. The molecule has 1 aromatic heterocycles. The molecule has 3 rings (SSSR count). The first-order valence-corrected chi connectivity index (χ1v) is 7.80. The Kier molecular flexibility index (Phi) is 3.90. The molecular weight excluding hydrogens is 292 g/mol. The minimum Gasteiger partial charge on any atom is -0.372 e. The van der Waals surface area contributed by atoms with Crippen molar-refractivity contribution in [1.82, 2.24) is 19.8 Å². The Morgan fingerprint density at radius 1 is 1.48 bits per heavy atom. The zero-order valence-electron chi connectivity index (χ0n) is 12.0. The maximum atomic E-state index is 12.4. The lowest BCUT2D eigenvalue weighted by Gasteiger charge is -2.18. The van der Waals surface area contributed by atoms with Crippen molar-refractivity contribution in [2.45, 2.75) is 32.0 Å². The lowest BCUT2D eigenvalue weighted by atomic mass is 10.0. The average molecular weight is 310 g/mol. The summed E-state index contributed by atoms with van der Waals surface area (Å²) in [4.78, 5) is 26.4. The molecule has 0 unspecified atom stereocenters. The van der Waals surface area contributed by atoms with Crippen LogP contribution in [0.15, 0.2) is 0 Å². The summed E-state index contributed by atoms with van der Waals surface area (Å²) in [6.07, 6.45) is 1.23. The summed E-state index contributed by atoms with van der Waals surface area (Å²) in [7, 11) is 1.63. The summed E-state index contributed by atoms with van der Waals surface area (Å²) in [5, 5.41) is 6.51. The number of amides is 2. The van der Waals surface area contributed by atoms with E-state index in [2.05, 4.69) is 14.9 Å². The van der Waals surface area contributed by atoms with Crippen molar-refractivity contribution < 1.29 is 14.3 Å². The van der Waals surface area contributed by atoms with Crippen molar-refractivity contribution in [3.8, 4) is 0 Å². The standard InChI is InChI=1S/C13H18N4O3S/c1-7-12(15-16-21-7)13(19)17-5-8-3-9(4-11(18)14-2)20-10(8)6-17/h8-10H,3-6H2,1-2H3,(H,14,18)/t8-,9-,10+/m0/s1. The Morgan fingerprint density at radius 3 is 2.90 bits per heavy atom. The Morgan fingerprint density at radius 2 is 2.29 bits per heavy atom. The molecule has 114 valence electrons. The summed E-state index contributed by atoms with van der Waals surface area (Å²) in [5.41, 5.74) is 0.446. The van der Waals surface area contributed by atoms with Gasteiger partial charge in [-0.2, -0.15) is 0 Å². The van der Waals surface area contributed by atoms with Crippen LogP contribution in [0.2, 0.25) is 0 Å². The van der Waals surface area contributed by atoms with Crippen LogP contribution in [-0.4, -0.2) is 58.6 Å². The van der Waals surface area contributed by atoms with E-state index in [1.807, 2.05) is 6.92 Å². The molecule has 0 aliphatic carbocycles. The van der Waals surface area contributed by atoms with Crippen LogP contribution >= 0.6 is 11.5 Å². The summed E-state index contributed by atoms with van der Waals surface area (Å²) < 4.78 is 9.71. The number of hydrogen-bond donors (Lipinski definition) is 1. The Balaban J connectivity index is 1.58. The minimum absolute atomic E-state index is 0.00271. The number of hydrogen-bond acceptors (Lipinski definition) is 6. The monoisotopic (exact) mass is 310 g/mol. The number of aromatic nitrogens is 2. The molecule has 7 nitrogen and oxygen atoms in total. The van der Waals surface area contributed by atoms with Gasteiger partial charge in [-0.1, -0.05) is 4.49 Å². The maximum Gasteiger partial charge on any atom is 0.275 e. The fourth-order valence-corrected chi connectivity index (χ4v) is 3.51. The van der Waals surface area contributed by atoms with Crippen molar-refractivity contribution in [3.05, 3.63) is 10.6 Å². The van der Waals surface area contributed by atoms with Gasteiger partial charge in [0.15, 0.2) is 5.69 Å². The molecule has 8 heteroatoms. The van der Waals surface area contributed by atoms with Crippen molar-refractivity contribution >= 4 is 23.3 Å². The highest BCUT2D eigenvalue weighted by atomic mass is 32.1. The maximum absolute atomic E-state index is 12.4. The van der Waals surface area contributed by atoms with Crippen LogP contribution < -0.4 is 5.32 Å². The molecule has 2 saturated heterocycles. The number of fused-ring (bicyclic) bond motifs is 1. The van der Waals surface area contributed by atoms with E-state index < -0.39 is 0 Å². The van der Waals surface area contributed by atoms with Crippen molar-refractivity contribution in [3.63, 3.8) is 0 Å². The normalized spacial score (nSPS) is 27.7. The Labute approximate surface area is 126 Å². The van der Waals surface area contributed by atoms with Gasteiger partial charge in [0.05, 0.1) is 23.5 Å². The molecule has 2 aliphatic heterocycles. The number of likely N-dealkylation sites (tertiary alicyclic amines) is 1. The van der Waals surface area contributed by atoms with Crippen LogP contribution in [0.4, 0.5) is 0 Å². The highest BCUT2D eigenvalue weighted by Crippen LogP contribution is 2.34. The number of ether oxygens (including phenoxy) is 1. The van der Waals surface area contributed by atoms with Crippen LogP contribution in [0.5, 0.6) is 0 Å². The van der Waals surface area contributed by atoms with Gasteiger partial charge < -0.3 is 15.0 Å². The fourth-order valence-electron chi connectivity index (χ4n) is 3.05. The molecule has 21 heavy (non-hydrogen) atoms. The van der Waals surface area contributed by atoms with Crippen LogP contribution in [0.3, 0.4) is 0 Å². The first-order valence-electron chi connectivity index (χ1n) is 7.02. The zero-order chi connectivity index (χ0) is 15.0. The van der Waals surface area contributed by atoms with E-state index in [4.69, 9.17) is 4.74 Å². The van der Waals surface area contributed by atoms with Gasteiger partial charge in [0, 0.05) is 26.1 Å². The number of nitrogens with one attached hydrogen (secondary N) is 1. The molecule has 0 aromatic carbocycles. The third-order valence-electron chi connectivity index (χ3n) is 4.15.